The molecule has 19 heavy (non-hydrogen) atoms. The summed E-state index contributed by atoms with van der Waals surface area (Å²) in [6.45, 7) is 6.45. The molecule has 2 amide bonds. The number of hydrogen-bond acceptors (Lipinski definition) is 2. The van der Waals surface area contributed by atoms with Gasteiger partial charge >= 0.3 is 6.03 Å². The normalized spacial score (nSPS) is 33.1. The highest BCUT2D eigenvalue weighted by Crippen LogP contribution is 2.37. The summed E-state index contributed by atoms with van der Waals surface area (Å²) in [6, 6.07) is 2.11. The van der Waals surface area contributed by atoms with E-state index in [0.717, 1.165) is 25.9 Å². The minimum absolute atomic E-state index is 0.318. The third-order valence-corrected chi connectivity index (χ3v) is 5.11. The van der Waals surface area contributed by atoms with Gasteiger partial charge in [0.25, 0.3) is 0 Å². The minimum Gasteiger partial charge on any atom is -0.317 e. The lowest BCUT2D eigenvalue weighted by molar-refractivity contribution is 0.138. The molecule has 0 spiro atoms. The van der Waals surface area contributed by atoms with Crippen LogP contribution in [0.1, 0.15) is 52.4 Å². The van der Waals surface area contributed by atoms with Crippen molar-refractivity contribution in [3.63, 3.8) is 0 Å². The zero-order valence-corrected chi connectivity index (χ0v) is 12.3. The molecule has 3 aliphatic rings. The van der Waals surface area contributed by atoms with Crippen molar-refractivity contribution < 1.29 is 4.79 Å². The van der Waals surface area contributed by atoms with E-state index in [1.54, 1.807) is 0 Å². The van der Waals surface area contributed by atoms with Gasteiger partial charge < -0.3 is 15.1 Å². The summed E-state index contributed by atoms with van der Waals surface area (Å²) in [5, 5.41) is 3.41. The molecule has 2 aliphatic heterocycles. The van der Waals surface area contributed by atoms with E-state index in [1.807, 2.05) is 0 Å². The highest BCUT2D eigenvalue weighted by atomic mass is 16.2. The van der Waals surface area contributed by atoms with E-state index < -0.39 is 0 Å². The van der Waals surface area contributed by atoms with Gasteiger partial charge in [0.15, 0.2) is 0 Å². The second kappa shape index (κ2) is 5.31. The lowest BCUT2D eigenvalue weighted by Gasteiger charge is -2.37. The fraction of sp³-hybridized carbons (Fsp3) is 0.933. The first-order valence-corrected chi connectivity index (χ1v) is 8.01. The van der Waals surface area contributed by atoms with Crippen LogP contribution < -0.4 is 5.32 Å². The Labute approximate surface area is 116 Å². The molecule has 0 aromatic heterocycles. The highest BCUT2D eigenvalue weighted by Gasteiger charge is 2.49. The number of rotatable bonds is 2. The zero-order valence-electron chi connectivity index (χ0n) is 12.3. The first-order valence-electron chi connectivity index (χ1n) is 8.01. The fourth-order valence-corrected chi connectivity index (χ4v) is 4.27. The van der Waals surface area contributed by atoms with Crippen molar-refractivity contribution in [1.82, 2.24) is 15.1 Å². The molecule has 2 heterocycles. The second-order valence-electron chi connectivity index (χ2n) is 6.59. The van der Waals surface area contributed by atoms with Crippen LogP contribution >= 0.6 is 0 Å². The van der Waals surface area contributed by atoms with E-state index in [1.165, 1.54) is 25.7 Å². The quantitative estimate of drug-likeness (QED) is 0.831. The maximum Gasteiger partial charge on any atom is 0.321 e. The lowest BCUT2D eigenvalue weighted by Crippen LogP contribution is -2.49. The number of nitrogens with zero attached hydrogens (tertiary/aromatic N) is 2. The molecule has 3 fully saturated rings. The Kier molecular flexibility index (Phi) is 3.70. The molecule has 4 heteroatoms. The maximum atomic E-state index is 12.8. The van der Waals surface area contributed by atoms with Crippen LogP contribution in [-0.2, 0) is 0 Å². The van der Waals surface area contributed by atoms with Crippen molar-refractivity contribution >= 4 is 6.03 Å². The Morgan fingerprint density at radius 1 is 1.05 bits per heavy atom. The molecule has 3 rings (SSSR count). The number of fused-ring (bicyclic) bond motifs is 1. The van der Waals surface area contributed by atoms with Gasteiger partial charge in [-0.05, 0) is 52.6 Å². The third kappa shape index (κ3) is 2.24. The molecule has 1 N–H and O–H groups in total. The zero-order chi connectivity index (χ0) is 13.4. The van der Waals surface area contributed by atoms with Crippen molar-refractivity contribution in [2.24, 2.45) is 0 Å². The van der Waals surface area contributed by atoms with E-state index in [4.69, 9.17) is 0 Å². The SMILES string of the molecule is CC(C)N1C(=O)N(C2CCNCC2)C2CCCC[C@@H]21. The van der Waals surface area contributed by atoms with Gasteiger partial charge in [0.1, 0.15) is 0 Å². The first-order chi connectivity index (χ1) is 9.20. The van der Waals surface area contributed by atoms with E-state index in [9.17, 15) is 4.79 Å². The molecule has 0 bridgehead atoms. The Morgan fingerprint density at radius 3 is 2.32 bits per heavy atom. The number of carbonyl (C=O) groups is 1. The van der Waals surface area contributed by atoms with Crippen LogP contribution in [0.2, 0.25) is 0 Å². The summed E-state index contributed by atoms with van der Waals surface area (Å²) in [5.41, 5.74) is 0. The van der Waals surface area contributed by atoms with Crippen molar-refractivity contribution in [2.75, 3.05) is 13.1 Å². The Balaban J connectivity index is 1.83. The Bertz CT molecular complexity index is 338. The minimum atomic E-state index is 0.318. The molecule has 0 aromatic carbocycles. The van der Waals surface area contributed by atoms with E-state index in [0.29, 0.717) is 30.2 Å². The fourth-order valence-electron chi connectivity index (χ4n) is 4.27. The maximum absolute atomic E-state index is 12.8. The van der Waals surface area contributed by atoms with Gasteiger partial charge in [0, 0.05) is 12.1 Å². The Morgan fingerprint density at radius 2 is 1.68 bits per heavy atom. The van der Waals surface area contributed by atoms with E-state index in [-0.39, 0.29) is 0 Å². The molecule has 1 aliphatic carbocycles. The number of nitrogens with one attached hydrogen (secondary N) is 1. The monoisotopic (exact) mass is 265 g/mol. The average molecular weight is 265 g/mol. The molecule has 1 unspecified atom stereocenters. The third-order valence-electron chi connectivity index (χ3n) is 5.11. The molecule has 1 saturated carbocycles. The first kappa shape index (κ1) is 13.2. The van der Waals surface area contributed by atoms with Crippen LogP contribution in [0.4, 0.5) is 4.79 Å². The van der Waals surface area contributed by atoms with Crippen molar-refractivity contribution in [2.45, 2.75) is 76.5 Å². The van der Waals surface area contributed by atoms with Crippen LogP contribution in [0.15, 0.2) is 0 Å². The summed E-state index contributed by atoms with van der Waals surface area (Å²) in [6.07, 6.45) is 7.25. The van der Waals surface area contributed by atoms with Gasteiger partial charge in [-0.2, -0.15) is 0 Å². The largest absolute Gasteiger partial charge is 0.321 e. The Hall–Kier alpha value is -0.770. The van der Waals surface area contributed by atoms with Crippen molar-refractivity contribution in [1.29, 1.82) is 0 Å². The molecular weight excluding hydrogens is 238 g/mol. The topological polar surface area (TPSA) is 35.6 Å². The predicted octanol–water partition coefficient (Wildman–Crippen LogP) is 2.20. The van der Waals surface area contributed by atoms with Crippen LogP contribution in [-0.4, -0.2) is 53.1 Å². The molecular formula is C15H27N3O. The summed E-state index contributed by atoms with van der Waals surface area (Å²) in [7, 11) is 0. The molecule has 108 valence electrons. The van der Waals surface area contributed by atoms with Gasteiger partial charge in [-0.1, -0.05) is 12.8 Å². The smallest absolute Gasteiger partial charge is 0.317 e. The van der Waals surface area contributed by atoms with E-state index >= 15 is 0 Å². The summed E-state index contributed by atoms with van der Waals surface area (Å²) in [5.74, 6) is 0. The number of urea groups is 1. The second-order valence-corrected chi connectivity index (χ2v) is 6.59. The average Bonchev–Trinajstić information content (AvgIpc) is 2.71. The van der Waals surface area contributed by atoms with Crippen LogP contribution in [0.5, 0.6) is 0 Å². The molecule has 2 saturated heterocycles. The van der Waals surface area contributed by atoms with Crippen molar-refractivity contribution in [3.8, 4) is 0 Å². The van der Waals surface area contributed by atoms with Gasteiger partial charge in [0.2, 0.25) is 0 Å². The lowest BCUT2D eigenvalue weighted by atomic mass is 9.88. The van der Waals surface area contributed by atoms with Gasteiger partial charge in [-0.15, -0.1) is 0 Å². The van der Waals surface area contributed by atoms with Gasteiger partial charge in [-0.3, -0.25) is 0 Å². The van der Waals surface area contributed by atoms with Crippen molar-refractivity contribution in [3.05, 3.63) is 0 Å². The van der Waals surface area contributed by atoms with Crippen LogP contribution in [0.25, 0.3) is 0 Å². The standard InChI is InChI=1S/C15H27N3O/c1-11(2)17-13-5-3-4-6-14(13)18(15(17)19)12-7-9-16-10-8-12/h11-14,16H,3-10H2,1-2H3/t13-,14?/m0/s1. The number of amides is 2. The molecule has 4 nitrogen and oxygen atoms in total. The number of piperidine rings is 1. The summed E-state index contributed by atoms with van der Waals surface area (Å²) >= 11 is 0. The van der Waals surface area contributed by atoms with Gasteiger partial charge in [-0.25, -0.2) is 4.79 Å². The summed E-state index contributed by atoms with van der Waals surface area (Å²) < 4.78 is 0. The van der Waals surface area contributed by atoms with E-state index in [2.05, 4.69) is 29.0 Å². The van der Waals surface area contributed by atoms with Gasteiger partial charge in [0.05, 0.1) is 12.1 Å². The van der Waals surface area contributed by atoms with Crippen LogP contribution in [0.3, 0.4) is 0 Å². The summed E-state index contributed by atoms with van der Waals surface area (Å²) in [4.78, 5) is 17.3. The van der Waals surface area contributed by atoms with Crippen LogP contribution in [0, 0.1) is 0 Å². The number of carbonyl (C=O) groups excluding carboxylic acids is 1. The highest BCUT2D eigenvalue weighted by molar-refractivity contribution is 5.78. The molecule has 2 atom stereocenters. The molecule has 0 radical (unpaired) electrons. The number of hydrogen-bond donors (Lipinski definition) is 1. The predicted molar refractivity (Wildman–Crippen MR) is 76.1 cm³/mol. The molecule has 0 aromatic rings.